The van der Waals surface area contributed by atoms with Gasteiger partial charge in [-0.05, 0) is 30.6 Å². The molecule has 0 unspecified atom stereocenters. The minimum Gasteiger partial charge on any atom is -0.0654 e. The van der Waals surface area contributed by atoms with Crippen molar-refractivity contribution in [3.8, 4) is 0 Å². The van der Waals surface area contributed by atoms with Crippen molar-refractivity contribution >= 4 is 0 Å². The highest BCUT2D eigenvalue weighted by Crippen LogP contribution is 2.41. The molecule has 1 fully saturated rings. The van der Waals surface area contributed by atoms with Gasteiger partial charge < -0.3 is 0 Å². The van der Waals surface area contributed by atoms with Gasteiger partial charge in [0.15, 0.2) is 0 Å². The van der Waals surface area contributed by atoms with Gasteiger partial charge in [0.05, 0.1) is 0 Å². The van der Waals surface area contributed by atoms with Gasteiger partial charge in [-0.2, -0.15) is 0 Å². The molecular weight excluding hydrogens is 252 g/mol. The Hall–Kier alpha value is 0. The van der Waals surface area contributed by atoms with E-state index in [1.54, 1.807) is 0 Å². The standard InChI is InChI=1S/C21H42/c1-4-6-8-13-17-21(3,18-14-9-7-5-2)19-20-15-11-10-12-16-20/h20H,4-19H2,1-3H3. The third-order valence-corrected chi connectivity index (χ3v) is 5.77. The molecule has 0 nitrogen and oxygen atoms in total. The lowest BCUT2D eigenvalue weighted by molar-refractivity contribution is 0.166. The number of rotatable bonds is 12. The molecule has 1 aliphatic carbocycles. The van der Waals surface area contributed by atoms with E-state index >= 15 is 0 Å². The number of hydrogen-bond acceptors (Lipinski definition) is 0. The SMILES string of the molecule is CCCCCCC(C)(CCCCCC)CC1CCCCC1. The topological polar surface area (TPSA) is 0 Å². The maximum absolute atomic E-state index is 2.62. The van der Waals surface area contributed by atoms with Gasteiger partial charge in [0, 0.05) is 0 Å². The average molecular weight is 295 g/mol. The normalized spacial score (nSPS) is 17.3. The second kappa shape index (κ2) is 11.6. The van der Waals surface area contributed by atoms with Crippen LogP contribution in [0.2, 0.25) is 0 Å². The maximum Gasteiger partial charge on any atom is -0.0323 e. The third kappa shape index (κ3) is 8.89. The van der Waals surface area contributed by atoms with Crippen LogP contribution in [0.25, 0.3) is 0 Å². The summed E-state index contributed by atoms with van der Waals surface area (Å²) in [6, 6.07) is 0. The van der Waals surface area contributed by atoms with Gasteiger partial charge in [-0.1, -0.05) is 104 Å². The van der Waals surface area contributed by atoms with E-state index in [1.807, 2.05) is 0 Å². The monoisotopic (exact) mass is 294 g/mol. The number of hydrogen-bond donors (Lipinski definition) is 0. The average Bonchev–Trinajstić information content (AvgIpc) is 2.49. The first-order valence-corrected chi connectivity index (χ1v) is 10.2. The summed E-state index contributed by atoms with van der Waals surface area (Å²) in [5, 5.41) is 0. The Morgan fingerprint density at radius 1 is 0.714 bits per heavy atom. The molecule has 0 bridgehead atoms. The van der Waals surface area contributed by atoms with Crippen molar-refractivity contribution < 1.29 is 0 Å². The number of unbranched alkanes of at least 4 members (excludes halogenated alkanes) is 6. The van der Waals surface area contributed by atoms with Crippen molar-refractivity contribution in [3.63, 3.8) is 0 Å². The first-order chi connectivity index (χ1) is 10.2. The molecule has 21 heavy (non-hydrogen) atoms. The van der Waals surface area contributed by atoms with Crippen LogP contribution in [0.1, 0.15) is 124 Å². The van der Waals surface area contributed by atoms with Crippen LogP contribution >= 0.6 is 0 Å². The highest BCUT2D eigenvalue weighted by atomic mass is 14.3. The van der Waals surface area contributed by atoms with Crippen LogP contribution in [-0.4, -0.2) is 0 Å². The second-order valence-corrected chi connectivity index (χ2v) is 8.14. The summed E-state index contributed by atoms with van der Waals surface area (Å²) < 4.78 is 0. The minimum atomic E-state index is 0.656. The summed E-state index contributed by atoms with van der Waals surface area (Å²) in [6.07, 6.45) is 23.6. The van der Waals surface area contributed by atoms with Crippen LogP contribution in [0.15, 0.2) is 0 Å². The van der Waals surface area contributed by atoms with Gasteiger partial charge in [0.2, 0.25) is 0 Å². The smallest absolute Gasteiger partial charge is 0.0323 e. The Morgan fingerprint density at radius 3 is 1.71 bits per heavy atom. The molecule has 0 aliphatic heterocycles. The molecule has 1 rings (SSSR count). The van der Waals surface area contributed by atoms with Crippen molar-refractivity contribution in [1.82, 2.24) is 0 Å². The summed E-state index contributed by atoms with van der Waals surface area (Å²) in [5.74, 6) is 1.06. The fraction of sp³-hybridized carbons (Fsp3) is 1.00. The molecule has 0 heteroatoms. The quantitative estimate of drug-likeness (QED) is 0.321. The van der Waals surface area contributed by atoms with E-state index in [1.165, 1.54) is 103 Å². The van der Waals surface area contributed by atoms with Gasteiger partial charge >= 0.3 is 0 Å². The van der Waals surface area contributed by atoms with Crippen molar-refractivity contribution in [2.24, 2.45) is 11.3 Å². The van der Waals surface area contributed by atoms with E-state index in [0.29, 0.717) is 5.41 Å². The molecule has 0 aromatic heterocycles. The Kier molecular flexibility index (Phi) is 10.5. The zero-order valence-electron chi connectivity index (χ0n) is 15.4. The van der Waals surface area contributed by atoms with Gasteiger partial charge in [0.25, 0.3) is 0 Å². The summed E-state index contributed by atoms with van der Waals surface area (Å²) in [6.45, 7) is 7.28. The van der Waals surface area contributed by atoms with E-state index in [-0.39, 0.29) is 0 Å². The molecule has 0 spiro atoms. The molecule has 1 saturated carbocycles. The molecule has 0 radical (unpaired) electrons. The molecule has 0 N–H and O–H groups in total. The Balaban J connectivity index is 2.37. The lowest BCUT2D eigenvalue weighted by Gasteiger charge is -2.35. The Morgan fingerprint density at radius 2 is 1.24 bits per heavy atom. The highest BCUT2D eigenvalue weighted by Gasteiger charge is 2.28. The van der Waals surface area contributed by atoms with Crippen LogP contribution in [0.3, 0.4) is 0 Å². The Bertz CT molecular complexity index is 212. The van der Waals surface area contributed by atoms with E-state index in [9.17, 15) is 0 Å². The lowest BCUT2D eigenvalue weighted by Crippen LogP contribution is -2.22. The third-order valence-electron chi connectivity index (χ3n) is 5.77. The lowest BCUT2D eigenvalue weighted by atomic mass is 9.70. The summed E-state index contributed by atoms with van der Waals surface area (Å²) in [4.78, 5) is 0. The van der Waals surface area contributed by atoms with Crippen LogP contribution in [0.4, 0.5) is 0 Å². The van der Waals surface area contributed by atoms with E-state index in [2.05, 4.69) is 20.8 Å². The fourth-order valence-electron chi connectivity index (χ4n) is 4.37. The molecule has 0 amide bonds. The summed E-state index contributed by atoms with van der Waals surface area (Å²) >= 11 is 0. The fourth-order valence-corrected chi connectivity index (χ4v) is 4.37. The van der Waals surface area contributed by atoms with Crippen LogP contribution < -0.4 is 0 Å². The van der Waals surface area contributed by atoms with E-state index in [0.717, 1.165) is 5.92 Å². The van der Waals surface area contributed by atoms with Gasteiger partial charge in [-0.3, -0.25) is 0 Å². The van der Waals surface area contributed by atoms with Crippen molar-refractivity contribution in [2.45, 2.75) is 124 Å². The summed E-state index contributed by atoms with van der Waals surface area (Å²) in [7, 11) is 0. The van der Waals surface area contributed by atoms with E-state index in [4.69, 9.17) is 0 Å². The first kappa shape index (κ1) is 19.0. The van der Waals surface area contributed by atoms with Gasteiger partial charge in [-0.25, -0.2) is 0 Å². The molecule has 0 saturated heterocycles. The molecule has 0 aromatic rings. The largest absolute Gasteiger partial charge is 0.0654 e. The van der Waals surface area contributed by atoms with Gasteiger partial charge in [0.1, 0.15) is 0 Å². The molecule has 0 atom stereocenters. The molecular formula is C21H42. The van der Waals surface area contributed by atoms with Crippen molar-refractivity contribution in [3.05, 3.63) is 0 Å². The first-order valence-electron chi connectivity index (χ1n) is 10.2. The molecule has 126 valence electrons. The van der Waals surface area contributed by atoms with Crippen LogP contribution in [0, 0.1) is 11.3 Å². The molecule has 0 aromatic carbocycles. The summed E-state index contributed by atoms with van der Waals surface area (Å²) in [5.41, 5.74) is 0.656. The van der Waals surface area contributed by atoms with Crippen LogP contribution in [0.5, 0.6) is 0 Å². The highest BCUT2D eigenvalue weighted by molar-refractivity contribution is 4.80. The van der Waals surface area contributed by atoms with Gasteiger partial charge in [-0.15, -0.1) is 0 Å². The van der Waals surface area contributed by atoms with Crippen molar-refractivity contribution in [1.29, 1.82) is 0 Å². The molecule has 0 heterocycles. The Labute approximate surface area is 135 Å². The van der Waals surface area contributed by atoms with Crippen molar-refractivity contribution in [2.75, 3.05) is 0 Å². The zero-order valence-corrected chi connectivity index (χ0v) is 15.4. The van der Waals surface area contributed by atoms with Crippen LogP contribution in [-0.2, 0) is 0 Å². The molecule has 1 aliphatic rings. The predicted octanol–water partition coefficient (Wildman–Crippen LogP) is 7.90. The zero-order chi connectivity index (χ0) is 15.4. The maximum atomic E-state index is 2.62. The second-order valence-electron chi connectivity index (χ2n) is 8.14. The predicted molar refractivity (Wildman–Crippen MR) is 96.8 cm³/mol. The van der Waals surface area contributed by atoms with E-state index < -0.39 is 0 Å². The minimum absolute atomic E-state index is 0.656.